The molecule has 1 aromatic heterocycles. The van der Waals surface area contributed by atoms with E-state index in [0.717, 1.165) is 87.6 Å². The Balaban J connectivity index is 1.34. The van der Waals surface area contributed by atoms with E-state index < -0.39 is 0 Å². The summed E-state index contributed by atoms with van der Waals surface area (Å²) in [5.74, 6) is 1.81. The first kappa shape index (κ1) is 23.3. The van der Waals surface area contributed by atoms with Gasteiger partial charge in [-0.15, -0.1) is 11.3 Å². The molecule has 1 aliphatic rings. The molecule has 0 amide bonds. The van der Waals surface area contributed by atoms with Gasteiger partial charge < -0.3 is 20.3 Å². The van der Waals surface area contributed by atoms with Crippen molar-refractivity contribution in [1.82, 2.24) is 20.5 Å². The molecule has 31 heavy (non-hydrogen) atoms. The second-order valence-electron chi connectivity index (χ2n) is 7.68. The highest BCUT2D eigenvalue weighted by Crippen LogP contribution is 2.20. The van der Waals surface area contributed by atoms with Gasteiger partial charge in [-0.05, 0) is 44.5 Å². The van der Waals surface area contributed by atoms with E-state index in [0.29, 0.717) is 0 Å². The lowest BCUT2D eigenvalue weighted by molar-refractivity contribution is 0.256. The molecule has 2 aromatic rings. The summed E-state index contributed by atoms with van der Waals surface area (Å²) in [6, 6.07) is 8.36. The molecule has 2 heterocycles. The third-order valence-electron chi connectivity index (χ3n) is 5.40. The van der Waals surface area contributed by atoms with Crippen LogP contribution in [0.5, 0.6) is 5.75 Å². The van der Waals surface area contributed by atoms with Crippen LogP contribution in [0.3, 0.4) is 0 Å². The summed E-state index contributed by atoms with van der Waals surface area (Å²) in [5, 5.41) is 10.0. The molecule has 0 unspecified atom stereocenters. The number of ether oxygens (including phenoxy) is 1. The van der Waals surface area contributed by atoms with Crippen molar-refractivity contribution in [3.05, 3.63) is 40.3 Å². The van der Waals surface area contributed by atoms with E-state index in [1.165, 1.54) is 5.69 Å². The monoisotopic (exact) mass is 444 g/mol. The maximum atomic E-state index is 5.25. The van der Waals surface area contributed by atoms with Gasteiger partial charge in [0.25, 0.3) is 0 Å². The fourth-order valence-corrected chi connectivity index (χ4v) is 4.33. The molecule has 0 atom stereocenters. The Kier molecular flexibility index (Phi) is 9.42. The van der Waals surface area contributed by atoms with Crippen molar-refractivity contribution in [3.63, 3.8) is 0 Å². The van der Waals surface area contributed by atoms with Crippen molar-refractivity contribution in [2.75, 3.05) is 64.4 Å². The third-order valence-corrected chi connectivity index (χ3v) is 6.22. The summed E-state index contributed by atoms with van der Waals surface area (Å²) >= 11 is 1.71. The lowest BCUT2D eigenvalue weighted by Crippen LogP contribution is -2.46. The number of piperazine rings is 1. The van der Waals surface area contributed by atoms with Crippen LogP contribution in [0, 0.1) is 6.92 Å². The summed E-state index contributed by atoms with van der Waals surface area (Å²) in [6.07, 6.45) is 2.00. The lowest BCUT2D eigenvalue weighted by atomic mass is 10.2. The Morgan fingerprint density at radius 3 is 2.58 bits per heavy atom. The minimum atomic E-state index is 0.837. The second kappa shape index (κ2) is 12.5. The number of guanidine groups is 1. The molecule has 1 aromatic carbocycles. The molecule has 0 radical (unpaired) electrons. The molecule has 0 saturated carbocycles. The zero-order chi connectivity index (χ0) is 21.9. The number of methoxy groups -OCH3 is 1. The van der Waals surface area contributed by atoms with Gasteiger partial charge in [-0.2, -0.15) is 0 Å². The number of aromatic nitrogens is 1. The number of nitrogens with zero attached hydrogens (tertiary/aromatic N) is 4. The van der Waals surface area contributed by atoms with Crippen LogP contribution < -0.4 is 20.3 Å². The van der Waals surface area contributed by atoms with E-state index in [2.05, 4.69) is 49.9 Å². The van der Waals surface area contributed by atoms with Crippen LogP contribution in [-0.4, -0.2) is 75.3 Å². The van der Waals surface area contributed by atoms with Crippen molar-refractivity contribution >= 4 is 23.0 Å². The first-order valence-electron chi connectivity index (χ1n) is 11.2. The number of aliphatic imine (C=N–C) groups is 1. The Morgan fingerprint density at radius 1 is 1.16 bits per heavy atom. The number of hydrogen-bond acceptors (Lipinski definition) is 6. The fraction of sp³-hybridized carbons (Fsp3) is 0.565. The van der Waals surface area contributed by atoms with Gasteiger partial charge in [-0.1, -0.05) is 0 Å². The molecule has 1 aliphatic heterocycles. The van der Waals surface area contributed by atoms with Crippen molar-refractivity contribution < 1.29 is 4.74 Å². The SMILES string of the molecule is CCNC(=NCCCN1CCN(c2ccc(OC)cc2)CC1)NCCc1csc(C)n1. The predicted octanol–water partition coefficient (Wildman–Crippen LogP) is 2.77. The van der Waals surface area contributed by atoms with E-state index in [9.17, 15) is 0 Å². The lowest BCUT2D eigenvalue weighted by Gasteiger charge is -2.36. The van der Waals surface area contributed by atoms with Crippen molar-refractivity contribution in [1.29, 1.82) is 0 Å². The fourth-order valence-electron chi connectivity index (χ4n) is 3.68. The van der Waals surface area contributed by atoms with Gasteiger partial charge in [0.15, 0.2) is 5.96 Å². The normalized spacial score (nSPS) is 15.2. The van der Waals surface area contributed by atoms with E-state index in [-0.39, 0.29) is 0 Å². The van der Waals surface area contributed by atoms with E-state index in [4.69, 9.17) is 9.73 Å². The number of rotatable bonds is 10. The number of benzene rings is 1. The van der Waals surface area contributed by atoms with E-state index in [1.807, 2.05) is 19.1 Å². The predicted molar refractivity (Wildman–Crippen MR) is 131 cm³/mol. The maximum Gasteiger partial charge on any atom is 0.191 e. The maximum absolute atomic E-state index is 5.25. The van der Waals surface area contributed by atoms with Gasteiger partial charge in [0.1, 0.15) is 5.75 Å². The molecule has 0 aliphatic carbocycles. The van der Waals surface area contributed by atoms with Crippen LogP contribution in [0.1, 0.15) is 24.0 Å². The quantitative estimate of drug-likeness (QED) is 0.334. The van der Waals surface area contributed by atoms with Gasteiger partial charge in [0, 0.05) is 69.8 Å². The molecule has 8 heteroatoms. The molecule has 1 fully saturated rings. The highest BCUT2D eigenvalue weighted by molar-refractivity contribution is 7.09. The van der Waals surface area contributed by atoms with Crippen LogP contribution in [0.2, 0.25) is 0 Å². The molecule has 1 saturated heterocycles. The minimum Gasteiger partial charge on any atom is -0.497 e. The molecule has 0 bridgehead atoms. The second-order valence-corrected chi connectivity index (χ2v) is 8.74. The molecule has 0 spiro atoms. The Labute approximate surface area is 190 Å². The Bertz CT molecular complexity index is 799. The first-order valence-corrected chi connectivity index (χ1v) is 12.1. The zero-order valence-electron chi connectivity index (χ0n) is 19.1. The standard InChI is InChI=1S/C23H36N6OS/c1-4-24-23(26-12-10-20-18-31-19(2)27-20)25-11-5-13-28-14-16-29(17-15-28)21-6-8-22(30-3)9-7-21/h6-9,18H,4-5,10-17H2,1-3H3,(H2,24,25,26). The molecule has 3 rings (SSSR count). The number of hydrogen-bond donors (Lipinski definition) is 2. The number of aryl methyl sites for hydroxylation is 1. The first-order chi connectivity index (χ1) is 15.2. The van der Waals surface area contributed by atoms with Crippen LogP contribution in [0.4, 0.5) is 5.69 Å². The van der Waals surface area contributed by atoms with Crippen molar-refractivity contribution in [2.45, 2.75) is 26.7 Å². The molecule has 7 nitrogen and oxygen atoms in total. The summed E-state index contributed by atoms with van der Waals surface area (Å²) in [5.41, 5.74) is 2.43. The summed E-state index contributed by atoms with van der Waals surface area (Å²) < 4.78 is 5.25. The van der Waals surface area contributed by atoms with Crippen LogP contribution in [-0.2, 0) is 6.42 Å². The van der Waals surface area contributed by atoms with Gasteiger partial charge in [0.2, 0.25) is 0 Å². The molecular formula is C23H36N6OS. The smallest absolute Gasteiger partial charge is 0.191 e. The Morgan fingerprint density at radius 2 is 1.94 bits per heavy atom. The summed E-state index contributed by atoms with van der Waals surface area (Å²) in [6.45, 7) is 12.1. The minimum absolute atomic E-state index is 0.837. The summed E-state index contributed by atoms with van der Waals surface area (Å²) in [7, 11) is 1.71. The van der Waals surface area contributed by atoms with Crippen LogP contribution >= 0.6 is 11.3 Å². The van der Waals surface area contributed by atoms with Crippen molar-refractivity contribution in [2.24, 2.45) is 4.99 Å². The Hall–Kier alpha value is -2.32. The molecule has 2 N–H and O–H groups in total. The van der Waals surface area contributed by atoms with Gasteiger partial charge >= 0.3 is 0 Å². The molecule has 170 valence electrons. The van der Waals surface area contributed by atoms with E-state index in [1.54, 1.807) is 18.4 Å². The van der Waals surface area contributed by atoms with Crippen LogP contribution in [0.15, 0.2) is 34.6 Å². The highest BCUT2D eigenvalue weighted by Gasteiger charge is 2.16. The van der Waals surface area contributed by atoms with Gasteiger partial charge in [-0.25, -0.2) is 4.98 Å². The number of nitrogens with one attached hydrogen (secondary N) is 2. The number of thiazole rings is 1. The van der Waals surface area contributed by atoms with Crippen LogP contribution in [0.25, 0.3) is 0 Å². The zero-order valence-corrected chi connectivity index (χ0v) is 19.9. The largest absolute Gasteiger partial charge is 0.497 e. The third kappa shape index (κ3) is 7.70. The number of anilines is 1. The average molecular weight is 445 g/mol. The van der Waals surface area contributed by atoms with Gasteiger partial charge in [-0.3, -0.25) is 9.89 Å². The highest BCUT2D eigenvalue weighted by atomic mass is 32.1. The topological polar surface area (TPSA) is 65.0 Å². The van der Waals surface area contributed by atoms with E-state index >= 15 is 0 Å². The van der Waals surface area contributed by atoms with Gasteiger partial charge in [0.05, 0.1) is 17.8 Å². The molecular weight excluding hydrogens is 408 g/mol. The van der Waals surface area contributed by atoms with Crippen molar-refractivity contribution in [3.8, 4) is 5.75 Å². The average Bonchev–Trinajstić information content (AvgIpc) is 3.22. The summed E-state index contributed by atoms with van der Waals surface area (Å²) in [4.78, 5) is 14.2.